The summed E-state index contributed by atoms with van der Waals surface area (Å²) < 4.78 is 5.23. The molecule has 1 aliphatic heterocycles. The Balaban J connectivity index is 2.10. The lowest BCUT2D eigenvalue weighted by Crippen LogP contribution is -2.45. The van der Waals surface area contributed by atoms with E-state index in [1.54, 1.807) is 31.2 Å². The molecule has 1 amide bonds. The molecule has 0 bridgehead atoms. The summed E-state index contributed by atoms with van der Waals surface area (Å²) in [5, 5.41) is 3.40. The Bertz CT molecular complexity index is 757. The summed E-state index contributed by atoms with van der Waals surface area (Å²) in [4.78, 5) is 25.4. The number of ether oxygens (including phenoxy) is 1. The number of para-hydroxylation sites is 1. The van der Waals surface area contributed by atoms with Crippen LogP contribution in [0.4, 0.5) is 5.69 Å². The van der Waals surface area contributed by atoms with Gasteiger partial charge in [-0.15, -0.1) is 0 Å². The summed E-state index contributed by atoms with van der Waals surface area (Å²) in [6.45, 7) is 1.95. The fraction of sp³-hybridized carbons (Fsp3) is 0.222. The molecular weight excluding hydrogens is 314 g/mol. The van der Waals surface area contributed by atoms with Gasteiger partial charge in [0.2, 0.25) is 5.91 Å². The van der Waals surface area contributed by atoms with E-state index in [1.165, 1.54) is 0 Å². The first-order chi connectivity index (χ1) is 11.1. The number of anilines is 1. The van der Waals surface area contributed by atoms with E-state index in [-0.39, 0.29) is 18.9 Å². The third kappa shape index (κ3) is 2.59. The van der Waals surface area contributed by atoms with Gasteiger partial charge in [0.1, 0.15) is 0 Å². The molecule has 3 rings (SSSR count). The number of hydrogen-bond acceptors (Lipinski definition) is 3. The van der Waals surface area contributed by atoms with Crippen molar-refractivity contribution in [3.05, 3.63) is 64.7 Å². The van der Waals surface area contributed by atoms with Crippen LogP contribution in [0.3, 0.4) is 0 Å². The molecule has 118 valence electrons. The molecule has 1 aliphatic rings. The van der Waals surface area contributed by atoms with Crippen molar-refractivity contribution in [1.29, 1.82) is 0 Å². The maximum Gasteiger partial charge on any atom is 0.326 e. The topological polar surface area (TPSA) is 55.4 Å². The van der Waals surface area contributed by atoms with Crippen LogP contribution < -0.4 is 5.32 Å². The van der Waals surface area contributed by atoms with Crippen LogP contribution in [0.5, 0.6) is 0 Å². The minimum Gasteiger partial charge on any atom is -0.465 e. The van der Waals surface area contributed by atoms with Crippen LogP contribution >= 0.6 is 11.6 Å². The van der Waals surface area contributed by atoms with Crippen LogP contribution in [-0.4, -0.2) is 18.5 Å². The summed E-state index contributed by atoms with van der Waals surface area (Å²) in [5.74, 6) is -0.885. The third-order valence-corrected chi connectivity index (χ3v) is 4.28. The minimum absolute atomic E-state index is 0.219. The van der Waals surface area contributed by atoms with Crippen LogP contribution in [0, 0.1) is 0 Å². The molecule has 0 saturated heterocycles. The van der Waals surface area contributed by atoms with E-state index in [0.717, 1.165) is 5.56 Å². The molecule has 1 heterocycles. The zero-order valence-corrected chi connectivity index (χ0v) is 13.4. The predicted octanol–water partition coefficient (Wildman–Crippen LogP) is 3.34. The molecule has 0 spiro atoms. The van der Waals surface area contributed by atoms with Gasteiger partial charge in [-0.05, 0) is 30.7 Å². The first-order valence-electron chi connectivity index (χ1n) is 7.40. The van der Waals surface area contributed by atoms with Gasteiger partial charge in [0.15, 0.2) is 5.41 Å². The van der Waals surface area contributed by atoms with Crippen LogP contribution in [0.25, 0.3) is 0 Å². The summed E-state index contributed by atoms with van der Waals surface area (Å²) in [5.41, 5.74) is 0.785. The normalized spacial score (nSPS) is 19.1. The lowest BCUT2D eigenvalue weighted by atomic mass is 9.76. The molecule has 0 saturated carbocycles. The number of hydrogen-bond donors (Lipinski definition) is 1. The number of benzene rings is 2. The second-order valence-electron chi connectivity index (χ2n) is 5.43. The Morgan fingerprint density at radius 2 is 1.87 bits per heavy atom. The maximum absolute atomic E-state index is 12.7. The average molecular weight is 330 g/mol. The predicted molar refractivity (Wildman–Crippen MR) is 88.5 cm³/mol. The lowest BCUT2D eigenvalue weighted by molar-refractivity contribution is -0.153. The number of halogens is 1. The van der Waals surface area contributed by atoms with Crippen LogP contribution in [0.15, 0.2) is 48.5 Å². The molecular formula is C18H16ClNO3. The molecule has 0 aliphatic carbocycles. The monoisotopic (exact) mass is 329 g/mol. The second-order valence-corrected chi connectivity index (χ2v) is 5.87. The number of fused-ring (bicyclic) bond motifs is 1. The first kappa shape index (κ1) is 15.6. The van der Waals surface area contributed by atoms with Crippen LogP contribution in [0.1, 0.15) is 18.1 Å². The second kappa shape index (κ2) is 6.05. The SMILES string of the molecule is CCOC(=O)[C@@]1(Cc2ccc(Cl)cc2)C(=O)Nc2ccccc21. The lowest BCUT2D eigenvalue weighted by Gasteiger charge is -2.25. The molecule has 23 heavy (non-hydrogen) atoms. The molecule has 0 radical (unpaired) electrons. The maximum atomic E-state index is 12.7. The van der Waals surface area contributed by atoms with Crippen molar-refractivity contribution in [3.8, 4) is 0 Å². The van der Waals surface area contributed by atoms with Gasteiger partial charge in [0, 0.05) is 22.7 Å². The van der Waals surface area contributed by atoms with Crippen LogP contribution in [0.2, 0.25) is 5.02 Å². The van der Waals surface area contributed by atoms with Crippen molar-refractivity contribution in [1.82, 2.24) is 0 Å². The largest absolute Gasteiger partial charge is 0.465 e. The Hall–Kier alpha value is -2.33. The number of nitrogens with one attached hydrogen (secondary N) is 1. The van der Waals surface area contributed by atoms with Crippen molar-refractivity contribution < 1.29 is 14.3 Å². The molecule has 0 unspecified atom stereocenters. The Morgan fingerprint density at radius 1 is 1.17 bits per heavy atom. The van der Waals surface area contributed by atoms with Crippen molar-refractivity contribution in [3.63, 3.8) is 0 Å². The molecule has 2 aromatic carbocycles. The highest BCUT2D eigenvalue weighted by molar-refractivity contribution is 6.30. The van der Waals surface area contributed by atoms with Gasteiger partial charge in [0.05, 0.1) is 6.61 Å². The van der Waals surface area contributed by atoms with Crippen molar-refractivity contribution in [2.45, 2.75) is 18.8 Å². The highest BCUT2D eigenvalue weighted by Gasteiger charge is 2.54. The fourth-order valence-electron chi connectivity index (χ4n) is 2.93. The molecule has 0 fully saturated rings. The number of carbonyl (C=O) groups is 2. The third-order valence-electron chi connectivity index (χ3n) is 4.03. The van der Waals surface area contributed by atoms with Gasteiger partial charge in [0.25, 0.3) is 0 Å². The van der Waals surface area contributed by atoms with E-state index >= 15 is 0 Å². The number of amides is 1. The van der Waals surface area contributed by atoms with Crippen molar-refractivity contribution in [2.24, 2.45) is 0 Å². The minimum atomic E-state index is -1.36. The highest BCUT2D eigenvalue weighted by Crippen LogP contribution is 2.41. The molecule has 1 atom stereocenters. The van der Waals surface area contributed by atoms with Crippen molar-refractivity contribution in [2.75, 3.05) is 11.9 Å². The Morgan fingerprint density at radius 3 is 2.57 bits per heavy atom. The molecule has 2 aromatic rings. The van der Waals surface area contributed by atoms with E-state index in [9.17, 15) is 9.59 Å². The number of esters is 1. The number of carbonyl (C=O) groups excluding carboxylic acids is 2. The van der Waals surface area contributed by atoms with Gasteiger partial charge in [-0.25, -0.2) is 0 Å². The zero-order valence-electron chi connectivity index (χ0n) is 12.6. The quantitative estimate of drug-likeness (QED) is 0.691. The first-order valence-corrected chi connectivity index (χ1v) is 7.78. The van der Waals surface area contributed by atoms with Gasteiger partial charge < -0.3 is 10.1 Å². The summed E-state index contributed by atoms with van der Waals surface area (Å²) in [7, 11) is 0. The summed E-state index contributed by atoms with van der Waals surface area (Å²) >= 11 is 5.91. The van der Waals surface area contributed by atoms with E-state index < -0.39 is 11.4 Å². The standard InChI is InChI=1S/C18H16ClNO3/c1-2-23-17(22)18(11-12-7-9-13(19)10-8-12)14-5-3-4-6-15(14)20-16(18)21/h3-10H,2,11H2,1H3,(H,20,21)/t18-/m1/s1. The molecule has 0 aromatic heterocycles. The molecule has 1 N–H and O–H groups in total. The van der Waals surface area contributed by atoms with Crippen LogP contribution in [-0.2, 0) is 26.2 Å². The van der Waals surface area contributed by atoms with E-state index in [2.05, 4.69) is 5.32 Å². The van der Waals surface area contributed by atoms with Gasteiger partial charge >= 0.3 is 5.97 Å². The average Bonchev–Trinajstić information content (AvgIpc) is 2.83. The summed E-state index contributed by atoms with van der Waals surface area (Å²) in [6, 6.07) is 14.3. The van der Waals surface area contributed by atoms with E-state index in [0.29, 0.717) is 16.3 Å². The van der Waals surface area contributed by atoms with Gasteiger partial charge in [-0.1, -0.05) is 41.9 Å². The highest BCUT2D eigenvalue weighted by atomic mass is 35.5. The zero-order chi connectivity index (χ0) is 16.4. The smallest absolute Gasteiger partial charge is 0.326 e. The molecule has 4 nitrogen and oxygen atoms in total. The van der Waals surface area contributed by atoms with Gasteiger partial charge in [-0.2, -0.15) is 0 Å². The van der Waals surface area contributed by atoms with E-state index in [4.69, 9.17) is 16.3 Å². The van der Waals surface area contributed by atoms with E-state index in [1.807, 2.05) is 24.3 Å². The van der Waals surface area contributed by atoms with Gasteiger partial charge in [-0.3, -0.25) is 9.59 Å². The number of rotatable bonds is 4. The fourth-order valence-corrected chi connectivity index (χ4v) is 3.05. The Kier molecular flexibility index (Phi) is 4.09. The molecule has 5 heteroatoms. The summed E-state index contributed by atoms with van der Waals surface area (Å²) in [6.07, 6.45) is 0.228. The van der Waals surface area contributed by atoms with Crippen molar-refractivity contribution >= 4 is 29.2 Å². The Labute approximate surface area is 139 Å².